The number of rotatable bonds is 4. The molecule has 0 fully saturated rings. The average molecular weight is 217 g/mol. The molecule has 0 radical (unpaired) electrons. The van der Waals surface area contributed by atoms with Gasteiger partial charge in [0.15, 0.2) is 5.82 Å². The third kappa shape index (κ3) is 2.59. The van der Waals surface area contributed by atoms with Crippen molar-refractivity contribution >= 4 is 5.69 Å². The van der Waals surface area contributed by atoms with E-state index in [1.807, 2.05) is 19.1 Å². The number of hydrogen-bond donors (Lipinski definition) is 1. The second-order valence-electron chi connectivity index (χ2n) is 3.73. The predicted octanol–water partition coefficient (Wildman–Crippen LogP) is 2.34. The van der Waals surface area contributed by atoms with E-state index >= 15 is 0 Å². The van der Waals surface area contributed by atoms with Crippen molar-refractivity contribution in [3.05, 3.63) is 41.5 Å². The van der Waals surface area contributed by atoms with E-state index in [9.17, 15) is 0 Å². The van der Waals surface area contributed by atoms with Crippen molar-refractivity contribution in [3.63, 3.8) is 0 Å². The highest BCUT2D eigenvalue weighted by molar-refractivity contribution is 5.50. The Hall–Kier alpha value is -1.84. The summed E-state index contributed by atoms with van der Waals surface area (Å²) in [6, 6.07) is 8.20. The van der Waals surface area contributed by atoms with Gasteiger partial charge in [0.1, 0.15) is 0 Å². The molecule has 0 aliphatic rings. The van der Waals surface area contributed by atoms with Crippen LogP contribution in [0.5, 0.6) is 0 Å². The van der Waals surface area contributed by atoms with Gasteiger partial charge in [-0.1, -0.05) is 23.4 Å². The fourth-order valence-electron chi connectivity index (χ4n) is 1.52. The van der Waals surface area contributed by atoms with E-state index in [0.29, 0.717) is 11.7 Å². The zero-order valence-corrected chi connectivity index (χ0v) is 9.53. The molecule has 0 aliphatic heterocycles. The summed E-state index contributed by atoms with van der Waals surface area (Å²) in [5.74, 6) is 1.37. The van der Waals surface area contributed by atoms with Crippen LogP contribution >= 0.6 is 0 Å². The Kier molecular flexibility index (Phi) is 3.19. The maximum atomic E-state index is 5.03. The highest BCUT2D eigenvalue weighted by Crippen LogP contribution is 2.12. The third-order valence-electron chi connectivity index (χ3n) is 2.37. The molecule has 0 amide bonds. The molecule has 2 rings (SSSR count). The summed E-state index contributed by atoms with van der Waals surface area (Å²) < 4.78 is 5.03. The lowest BCUT2D eigenvalue weighted by molar-refractivity contribution is 0.377. The maximum Gasteiger partial charge on any atom is 0.228 e. The van der Waals surface area contributed by atoms with Crippen molar-refractivity contribution in [1.82, 2.24) is 10.1 Å². The number of aromatic nitrogens is 2. The second kappa shape index (κ2) is 4.79. The number of nitrogens with one attached hydrogen (secondary N) is 1. The zero-order valence-electron chi connectivity index (χ0n) is 9.53. The summed E-state index contributed by atoms with van der Waals surface area (Å²) in [5.41, 5.74) is 2.39. The van der Waals surface area contributed by atoms with Gasteiger partial charge in [0, 0.05) is 18.7 Å². The minimum absolute atomic E-state index is 0.679. The molecule has 4 nitrogen and oxygen atoms in total. The van der Waals surface area contributed by atoms with Crippen molar-refractivity contribution < 1.29 is 4.52 Å². The van der Waals surface area contributed by atoms with E-state index < -0.39 is 0 Å². The molecule has 1 aromatic carbocycles. The van der Waals surface area contributed by atoms with Gasteiger partial charge in [-0.15, -0.1) is 0 Å². The Labute approximate surface area is 94.7 Å². The highest BCUT2D eigenvalue weighted by Gasteiger charge is 2.02. The largest absolute Gasteiger partial charge is 0.384 e. The number of nitrogens with zero attached hydrogens (tertiary/aromatic N) is 2. The molecule has 1 N–H and O–H groups in total. The predicted molar refractivity (Wildman–Crippen MR) is 62.4 cm³/mol. The molecule has 0 atom stereocenters. The fraction of sp³-hybridized carbons (Fsp3) is 0.333. The van der Waals surface area contributed by atoms with Gasteiger partial charge in [0.25, 0.3) is 0 Å². The lowest BCUT2D eigenvalue weighted by Gasteiger charge is -2.07. The Morgan fingerprint density at radius 1 is 1.25 bits per heavy atom. The quantitative estimate of drug-likeness (QED) is 0.854. The van der Waals surface area contributed by atoms with E-state index in [1.165, 1.54) is 5.56 Å². The molecule has 1 aromatic heterocycles. The molecule has 0 spiro atoms. The first kappa shape index (κ1) is 10.7. The van der Waals surface area contributed by atoms with Gasteiger partial charge in [-0.2, -0.15) is 4.98 Å². The third-order valence-corrected chi connectivity index (χ3v) is 2.37. The second-order valence-corrected chi connectivity index (χ2v) is 3.73. The van der Waals surface area contributed by atoms with E-state index in [2.05, 4.69) is 34.5 Å². The Morgan fingerprint density at radius 3 is 2.75 bits per heavy atom. The first-order valence-electron chi connectivity index (χ1n) is 5.34. The summed E-state index contributed by atoms with van der Waals surface area (Å²) in [7, 11) is 0. The minimum Gasteiger partial charge on any atom is -0.384 e. The summed E-state index contributed by atoms with van der Waals surface area (Å²) in [4.78, 5) is 4.15. The normalized spacial score (nSPS) is 10.4. The van der Waals surface area contributed by atoms with Gasteiger partial charge in [0.2, 0.25) is 5.89 Å². The van der Waals surface area contributed by atoms with Crippen molar-refractivity contribution in [2.75, 3.05) is 11.9 Å². The van der Waals surface area contributed by atoms with Crippen LogP contribution in [0, 0.1) is 13.8 Å². The molecule has 0 bridgehead atoms. The van der Waals surface area contributed by atoms with Gasteiger partial charge in [-0.25, -0.2) is 0 Å². The minimum atomic E-state index is 0.679. The molecule has 4 heteroatoms. The van der Waals surface area contributed by atoms with Gasteiger partial charge in [-0.3, -0.25) is 0 Å². The van der Waals surface area contributed by atoms with E-state index in [4.69, 9.17) is 4.52 Å². The zero-order chi connectivity index (χ0) is 11.4. The molecular weight excluding hydrogens is 202 g/mol. The van der Waals surface area contributed by atoms with Crippen LogP contribution in [0.15, 0.2) is 28.8 Å². The summed E-state index contributed by atoms with van der Waals surface area (Å²) in [6.07, 6.45) is 0.745. The van der Waals surface area contributed by atoms with Gasteiger partial charge < -0.3 is 9.84 Å². The molecular formula is C12H15N3O. The average Bonchev–Trinajstić information content (AvgIpc) is 2.67. The summed E-state index contributed by atoms with van der Waals surface area (Å²) in [6.45, 7) is 4.70. The smallest absolute Gasteiger partial charge is 0.228 e. The van der Waals surface area contributed by atoms with Gasteiger partial charge in [0.05, 0.1) is 0 Å². The number of benzene rings is 1. The van der Waals surface area contributed by atoms with E-state index in [-0.39, 0.29) is 0 Å². The van der Waals surface area contributed by atoms with Crippen LogP contribution in [0.1, 0.15) is 17.3 Å². The van der Waals surface area contributed by atoms with Crippen molar-refractivity contribution in [2.24, 2.45) is 0 Å². The van der Waals surface area contributed by atoms with Crippen molar-refractivity contribution in [2.45, 2.75) is 20.3 Å². The first-order valence-corrected chi connectivity index (χ1v) is 5.34. The van der Waals surface area contributed by atoms with Crippen LogP contribution in [-0.2, 0) is 6.42 Å². The Balaban J connectivity index is 1.87. The molecule has 16 heavy (non-hydrogen) atoms. The standard InChI is InChI=1S/C12H15N3O/c1-9-5-3-4-6-11(9)13-8-7-12-14-10(2)15-16-12/h3-6,13H,7-8H2,1-2H3. The summed E-state index contributed by atoms with van der Waals surface area (Å²) >= 11 is 0. The van der Waals surface area contributed by atoms with Gasteiger partial charge >= 0.3 is 0 Å². The number of aryl methyl sites for hydroxylation is 2. The van der Waals surface area contributed by atoms with Gasteiger partial charge in [-0.05, 0) is 25.5 Å². The molecule has 84 valence electrons. The molecule has 1 heterocycles. The van der Waals surface area contributed by atoms with Crippen LogP contribution < -0.4 is 5.32 Å². The number of para-hydroxylation sites is 1. The van der Waals surface area contributed by atoms with Crippen LogP contribution in [0.4, 0.5) is 5.69 Å². The molecule has 2 aromatic rings. The lowest BCUT2D eigenvalue weighted by atomic mass is 10.2. The van der Waals surface area contributed by atoms with Crippen molar-refractivity contribution in [1.29, 1.82) is 0 Å². The molecule has 0 saturated heterocycles. The fourth-order valence-corrected chi connectivity index (χ4v) is 1.52. The molecule has 0 unspecified atom stereocenters. The van der Waals surface area contributed by atoms with Crippen LogP contribution in [0.25, 0.3) is 0 Å². The van der Waals surface area contributed by atoms with Crippen LogP contribution in [0.3, 0.4) is 0 Å². The number of anilines is 1. The Morgan fingerprint density at radius 2 is 2.06 bits per heavy atom. The maximum absolute atomic E-state index is 5.03. The topological polar surface area (TPSA) is 51.0 Å². The highest BCUT2D eigenvalue weighted by atomic mass is 16.5. The van der Waals surface area contributed by atoms with E-state index in [1.54, 1.807) is 0 Å². The Bertz CT molecular complexity index is 465. The monoisotopic (exact) mass is 217 g/mol. The van der Waals surface area contributed by atoms with E-state index in [0.717, 1.165) is 18.7 Å². The van der Waals surface area contributed by atoms with Crippen molar-refractivity contribution in [3.8, 4) is 0 Å². The number of hydrogen-bond acceptors (Lipinski definition) is 4. The summed E-state index contributed by atoms with van der Waals surface area (Å²) in [5, 5.41) is 7.09. The van der Waals surface area contributed by atoms with Crippen LogP contribution in [0.2, 0.25) is 0 Å². The molecule has 0 saturated carbocycles. The first-order chi connectivity index (χ1) is 7.75. The van der Waals surface area contributed by atoms with Crippen LogP contribution in [-0.4, -0.2) is 16.7 Å². The molecule has 0 aliphatic carbocycles. The SMILES string of the molecule is Cc1noc(CCNc2ccccc2C)n1. The lowest BCUT2D eigenvalue weighted by Crippen LogP contribution is -2.06.